The minimum Gasteiger partial charge on any atom is -0.394 e. The second-order valence-electron chi connectivity index (χ2n) is 6.33. The Morgan fingerprint density at radius 2 is 1.14 bits per heavy atom. The number of aliphatic hydroxyl groups is 4. The molecule has 0 amide bonds. The van der Waals surface area contributed by atoms with E-state index in [2.05, 4.69) is 0 Å². The van der Waals surface area contributed by atoms with Gasteiger partial charge in [-0.05, 0) is 6.92 Å². The van der Waals surface area contributed by atoms with Crippen molar-refractivity contribution in [3.05, 3.63) is 0 Å². The minimum absolute atomic E-state index is 0.106. The number of aliphatic hydroxyl groups excluding tert-OH is 4. The Bertz CT molecular complexity index is 348. The Kier molecular flexibility index (Phi) is 19.1. The lowest BCUT2D eigenvalue weighted by Gasteiger charge is -2.26. The van der Waals surface area contributed by atoms with E-state index < -0.39 is 12.2 Å². The van der Waals surface area contributed by atoms with E-state index in [0.717, 1.165) is 0 Å². The zero-order valence-corrected chi connectivity index (χ0v) is 16.8. The highest BCUT2D eigenvalue weighted by atomic mass is 16.6. The Balaban J connectivity index is 3.51. The molecule has 0 spiro atoms. The molecule has 4 N–H and O–H groups in total. The van der Waals surface area contributed by atoms with Gasteiger partial charge < -0.3 is 39.4 Å². The predicted octanol–water partition coefficient (Wildman–Crippen LogP) is -1.96. The second kappa shape index (κ2) is 19.6. The summed E-state index contributed by atoms with van der Waals surface area (Å²) in [5.74, 6) is 0.106. The summed E-state index contributed by atoms with van der Waals surface area (Å²) in [7, 11) is 0. The SMILES string of the molecule is CC(=O)CCOCCOCCOCCOCCN(CC(O)CO)CC(O)CO. The smallest absolute Gasteiger partial charge is 0.132 e. The van der Waals surface area contributed by atoms with Crippen LogP contribution in [0.4, 0.5) is 0 Å². The molecule has 0 aliphatic heterocycles. The molecule has 10 nitrogen and oxygen atoms in total. The minimum atomic E-state index is -0.909. The Morgan fingerprint density at radius 1 is 0.750 bits per heavy atom. The van der Waals surface area contributed by atoms with Gasteiger partial charge in [0, 0.05) is 26.1 Å². The number of ether oxygens (including phenoxy) is 4. The summed E-state index contributed by atoms with van der Waals surface area (Å²) in [4.78, 5) is 12.4. The van der Waals surface area contributed by atoms with Gasteiger partial charge in [0.1, 0.15) is 5.78 Å². The predicted molar refractivity (Wildman–Crippen MR) is 101 cm³/mol. The van der Waals surface area contributed by atoms with Crippen molar-refractivity contribution in [3.8, 4) is 0 Å². The lowest BCUT2D eigenvalue weighted by Crippen LogP contribution is -2.42. The van der Waals surface area contributed by atoms with Gasteiger partial charge in [-0.1, -0.05) is 0 Å². The summed E-state index contributed by atoms with van der Waals surface area (Å²) in [5, 5.41) is 36.8. The maximum atomic E-state index is 10.7. The molecule has 10 heteroatoms. The summed E-state index contributed by atoms with van der Waals surface area (Å²) in [6, 6.07) is 0. The van der Waals surface area contributed by atoms with Gasteiger partial charge in [-0.25, -0.2) is 0 Å². The van der Waals surface area contributed by atoms with Crippen molar-refractivity contribution in [2.75, 3.05) is 85.7 Å². The fourth-order valence-corrected chi connectivity index (χ4v) is 2.14. The van der Waals surface area contributed by atoms with Crippen LogP contribution in [0.5, 0.6) is 0 Å². The van der Waals surface area contributed by atoms with E-state index in [1.54, 1.807) is 4.90 Å². The molecule has 0 aromatic carbocycles. The third-order valence-electron chi connectivity index (χ3n) is 3.63. The number of Topliss-reactive ketones (excluding diaryl/α,β-unsaturated/α-hetero) is 1. The van der Waals surface area contributed by atoms with E-state index in [0.29, 0.717) is 65.8 Å². The van der Waals surface area contributed by atoms with Crippen molar-refractivity contribution in [3.63, 3.8) is 0 Å². The Hall–Kier alpha value is -0.690. The van der Waals surface area contributed by atoms with Crippen LogP contribution in [0.25, 0.3) is 0 Å². The van der Waals surface area contributed by atoms with Crippen LogP contribution in [0.1, 0.15) is 13.3 Å². The van der Waals surface area contributed by atoms with Gasteiger partial charge >= 0.3 is 0 Å². The summed E-state index contributed by atoms with van der Waals surface area (Å²) in [6.45, 7) is 4.99. The highest BCUT2D eigenvalue weighted by molar-refractivity contribution is 5.75. The van der Waals surface area contributed by atoms with E-state index in [-0.39, 0.29) is 32.1 Å². The average molecular weight is 411 g/mol. The third-order valence-corrected chi connectivity index (χ3v) is 3.63. The van der Waals surface area contributed by atoms with Gasteiger partial charge in [0.05, 0.1) is 78.3 Å². The third kappa shape index (κ3) is 18.7. The van der Waals surface area contributed by atoms with Gasteiger partial charge in [0.2, 0.25) is 0 Å². The first-order valence-corrected chi connectivity index (χ1v) is 9.60. The molecule has 2 atom stereocenters. The zero-order chi connectivity index (χ0) is 21.0. The number of hydrogen-bond acceptors (Lipinski definition) is 10. The van der Waals surface area contributed by atoms with Crippen LogP contribution in [0.15, 0.2) is 0 Å². The number of carbonyl (C=O) groups excluding carboxylic acids is 1. The fraction of sp³-hybridized carbons (Fsp3) is 0.944. The van der Waals surface area contributed by atoms with Gasteiger partial charge in [0.15, 0.2) is 0 Å². The van der Waals surface area contributed by atoms with Gasteiger partial charge in [0.25, 0.3) is 0 Å². The lowest BCUT2D eigenvalue weighted by molar-refractivity contribution is -0.118. The molecule has 0 saturated carbocycles. The summed E-state index contributed by atoms with van der Waals surface area (Å²) in [5.41, 5.74) is 0. The highest BCUT2D eigenvalue weighted by Gasteiger charge is 2.14. The molecule has 0 fully saturated rings. The molecule has 0 aliphatic rings. The topological polar surface area (TPSA) is 138 Å². The molecular weight excluding hydrogens is 374 g/mol. The number of ketones is 1. The monoisotopic (exact) mass is 411 g/mol. The van der Waals surface area contributed by atoms with Crippen LogP contribution in [0.3, 0.4) is 0 Å². The number of hydrogen-bond donors (Lipinski definition) is 4. The van der Waals surface area contributed by atoms with Crippen molar-refractivity contribution in [2.45, 2.75) is 25.6 Å². The van der Waals surface area contributed by atoms with Crippen LogP contribution in [-0.4, -0.2) is 129 Å². The zero-order valence-electron chi connectivity index (χ0n) is 16.8. The first-order chi connectivity index (χ1) is 13.5. The molecule has 28 heavy (non-hydrogen) atoms. The van der Waals surface area contributed by atoms with Crippen molar-refractivity contribution in [1.82, 2.24) is 4.90 Å². The van der Waals surface area contributed by atoms with Crippen LogP contribution in [0, 0.1) is 0 Å². The van der Waals surface area contributed by atoms with E-state index in [1.165, 1.54) is 6.92 Å². The Labute approximate surface area is 166 Å². The second-order valence-corrected chi connectivity index (χ2v) is 6.33. The standard InChI is InChI=1S/C18H37NO9/c1-16(22)2-4-25-6-8-27-10-11-28-9-7-26-5-3-19(12-17(23)14-20)13-18(24)15-21/h17-18,20-21,23-24H,2-15H2,1H3. The maximum Gasteiger partial charge on any atom is 0.132 e. The molecular formula is C18H37NO9. The van der Waals surface area contributed by atoms with Crippen LogP contribution in [0.2, 0.25) is 0 Å². The molecule has 0 bridgehead atoms. The highest BCUT2D eigenvalue weighted by Crippen LogP contribution is 1.96. The van der Waals surface area contributed by atoms with Gasteiger partial charge in [-0.15, -0.1) is 0 Å². The molecule has 0 aliphatic carbocycles. The lowest BCUT2D eigenvalue weighted by atomic mass is 10.3. The quantitative estimate of drug-likeness (QED) is 0.158. The summed E-state index contributed by atoms with van der Waals surface area (Å²) in [6.07, 6.45) is -1.40. The molecule has 0 heterocycles. The van der Waals surface area contributed by atoms with E-state index in [4.69, 9.17) is 29.2 Å². The van der Waals surface area contributed by atoms with Crippen molar-refractivity contribution < 1.29 is 44.2 Å². The summed E-state index contributed by atoms with van der Waals surface area (Å²) < 4.78 is 21.4. The van der Waals surface area contributed by atoms with E-state index >= 15 is 0 Å². The summed E-state index contributed by atoms with van der Waals surface area (Å²) >= 11 is 0. The number of rotatable bonds is 21. The van der Waals surface area contributed by atoms with E-state index in [9.17, 15) is 15.0 Å². The number of carbonyl (C=O) groups is 1. The Morgan fingerprint density at radius 3 is 1.54 bits per heavy atom. The largest absolute Gasteiger partial charge is 0.394 e. The molecule has 0 saturated heterocycles. The molecule has 0 aromatic heterocycles. The fourth-order valence-electron chi connectivity index (χ4n) is 2.14. The first kappa shape index (κ1) is 27.3. The van der Waals surface area contributed by atoms with Crippen LogP contribution >= 0.6 is 0 Å². The first-order valence-electron chi connectivity index (χ1n) is 9.60. The van der Waals surface area contributed by atoms with Crippen LogP contribution in [-0.2, 0) is 23.7 Å². The van der Waals surface area contributed by atoms with Gasteiger partial charge in [-0.3, -0.25) is 9.69 Å². The van der Waals surface area contributed by atoms with Gasteiger partial charge in [-0.2, -0.15) is 0 Å². The molecule has 0 rings (SSSR count). The van der Waals surface area contributed by atoms with Crippen molar-refractivity contribution in [1.29, 1.82) is 0 Å². The average Bonchev–Trinajstić information content (AvgIpc) is 2.67. The van der Waals surface area contributed by atoms with Crippen molar-refractivity contribution >= 4 is 5.78 Å². The van der Waals surface area contributed by atoms with Crippen molar-refractivity contribution in [2.24, 2.45) is 0 Å². The number of nitrogens with zero attached hydrogens (tertiary/aromatic N) is 1. The van der Waals surface area contributed by atoms with E-state index in [1.807, 2.05) is 0 Å². The normalized spacial score (nSPS) is 13.8. The molecule has 0 aromatic rings. The molecule has 168 valence electrons. The molecule has 0 radical (unpaired) electrons. The molecule has 2 unspecified atom stereocenters. The maximum absolute atomic E-state index is 10.7. The van der Waals surface area contributed by atoms with Crippen LogP contribution < -0.4 is 0 Å².